The molecule has 28 heavy (non-hydrogen) atoms. The van der Waals surface area contributed by atoms with E-state index in [0.717, 1.165) is 18.2 Å². The summed E-state index contributed by atoms with van der Waals surface area (Å²) in [7, 11) is 0. The lowest BCUT2D eigenvalue weighted by atomic mass is 9.48. The Kier molecular flexibility index (Phi) is 4.48. The molecule has 1 heterocycles. The van der Waals surface area contributed by atoms with Gasteiger partial charge in [0.25, 0.3) is 0 Å². The van der Waals surface area contributed by atoms with Crippen LogP contribution in [0, 0.1) is 22.7 Å². The van der Waals surface area contributed by atoms with E-state index < -0.39 is 0 Å². The van der Waals surface area contributed by atoms with Gasteiger partial charge in [-0.3, -0.25) is 4.79 Å². The Balaban J connectivity index is 1.60. The molecule has 4 nitrogen and oxygen atoms in total. The first-order valence-electron chi connectivity index (χ1n) is 10.1. The molecule has 0 spiro atoms. The lowest BCUT2D eigenvalue weighted by molar-refractivity contribution is -0.143. The number of ketones is 1. The monoisotopic (exact) mass is 380 g/mol. The van der Waals surface area contributed by atoms with Crippen LogP contribution in [-0.2, 0) is 4.79 Å². The molecule has 1 fully saturated rings. The molecule has 4 heteroatoms. The van der Waals surface area contributed by atoms with E-state index in [4.69, 9.17) is 9.15 Å². The first-order chi connectivity index (χ1) is 13.2. The van der Waals surface area contributed by atoms with Gasteiger partial charge >= 0.3 is 5.63 Å². The number of hydrogen-bond donors (Lipinski definition) is 0. The number of carbonyl (C=O) groups is 1. The molecule has 2 aliphatic rings. The molecule has 0 bridgehead atoms. The van der Waals surface area contributed by atoms with Crippen molar-refractivity contribution in [3.05, 3.63) is 52.4 Å². The van der Waals surface area contributed by atoms with E-state index in [2.05, 4.69) is 33.8 Å². The zero-order valence-corrected chi connectivity index (χ0v) is 17.1. The molecule has 1 saturated carbocycles. The van der Waals surface area contributed by atoms with Crippen molar-refractivity contribution in [3.63, 3.8) is 0 Å². The van der Waals surface area contributed by atoms with Crippen molar-refractivity contribution in [2.45, 2.75) is 47.0 Å². The molecule has 148 valence electrons. The van der Waals surface area contributed by atoms with Gasteiger partial charge in [-0.05, 0) is 49.3 Å². The van der Waals surface area contributed by atoms with Crippen LogP contribution < -0.4 is 10.4 Å². The molecule has 0 aliphatic heterocycles. The molecule has 2 aliphatic carbocycles. The number of benzene rings is 1. The molecule has 1 aromatic carbocycles. The van der Waals surface area contributed by atoms with Crippen LogP contribution in [0.15, 0.2) is 51.2 Å². The van der Waals surface area contributed by atoms with Crippen molar-refractivity contribution < 1.29 is 13.9 Å². The third-order valence-corrected chi connectivity index (χ3v) is 7.31. The Labute approximate surface area is 165 Å². The van der Waals surface area contributed by atoms with Crippen molar-refractivity contribution in [1.29, 1.82) is 0 Å². The predicted octanol–water partition coefficient (Wildman–Crippen LogP) is 5.15. The molecule has 0 N–H and O–H groups in total. The Bertz CT molecular complexity index is 1010. The predicted molar refractivity (Wildman–Crippen MR) is 109 cm³/mol. The van der Waals surface area contributed by atoms with Gasteiger partial charge in [-0.25, -0.2) is 4.79 Å². The van der Waals surface area contributed by atoms with Crippen molar-refractivity contribution >= 4 is 16.8 Å². The molecule has 0 amide bonds. The normalized spacial score (nSPS) is 29.3. The highest BCUT2D eigenvalue weighted by molar-refractivity contribution is 5.85. The Morgan fingerprint density at radius 2 is 1.89 bits per heavy atom. The van der Waals surface area contributed by atoms with Crippen LogP contribution in [0.2, 0.25) is 0 Å². The number of hydrogen-bond acceptors (Lipinski definition) is 4. The molecule has 0 saturated heterocycles. The van der Waals surface area contributed by atoms with E-state index in [1.54, 1.807) is 12.1 Å². The minimum Gasteiger partial charge on any atom is -0.493 e. The fourth-order valence-electron chi connectivity index (χ4n) is 5.48. The summed E-state index contributed by atoms with van der Waals surface area (Å²) in [4.78, 5) is 24.0. The van der Waals surface area contributed by atoms with Gasteiger partial charge in [0.2, 0.25) is 0 Å². The topological polar surface area (TPSA) is 56.5 Å². The Morgan fingerprint density at radius 3 is 2.68 bits per heavy atom. The van der Waals surface area contributed by atoms with Crippen LogP contribution in [0.1, 0.15) is 47.0 Å². The van der Waals surface area contributed by atoms with E-state index in [0.29, 0.717) is 36.1 Å². The Morgan fingerprint density at radius 1 is 1.14 bits per heavy atom. The van der Waals surface area contributed by atoms with Crippen molar-refractivity contribution in [2.75, 3.05) is 6.61 Å². The van der Waals surface area contributed by atoms with Crippen LogP contribution in [0.4, 0.5) is 0 Å². The SMILES string of the molecule is CC1=CC[C@@H]2C(C)(C)C(=O)CC[C@]2(C)[C@@H]1COc1ccc2ccc(=O)oc2c1. The molecule has 4 rings (SSSR count). The maximum atomic E-state index is 12.5. The summed E-state index contributed by atoms with van der Waals surface area (Å²) in [5.74, 6) is 1.67. The maximum absolute atomic E-state index is 12.5. The zero-order chi connectivity index (χ0) is 20.1. The second-order valence-corrected chi connectivity index (χ2v) is 9.20. The summed E-state index contributed by atoms with van der Waals surface area (Å²) in [5, 5.41) is 0.875. The Hall–Kier alpha value is -2.36. The third kappa shape index (κ3) is 2.99. The number of allylic oxidation sites excluding steroid dienone is 1. The van der Waals surface area contributed by atoms with Crippen molar-refractivity contribution in [3.8, 4) is 5.75 Å². The lowest BCUT2D eigenvalue weighted by Crippen LogP contribution is -2.53. The standard InChI is InChI=1S/C24H28O4/c1-15-5-9-20-23(2,3)21(25)11-12-24(20,4)18(15)14-27-17-8-6-16-7-10-22(26)28-19(16)13-17/h5-8,10,13,18,20H,9,11-12,14H2,1-4H3/t18-,20-,24-/m1/s1. The quantitative estimate of drug-likeness (QED) is 0.546. The minimum atomic E-state index is -0.361. The number of fused-ring (bicyclic) bond motifs is 2. The van der Waals surface area contributed by atoms with E-state index >= 15 is 0 Å². The molecule has 0 unspecified atom stereocenters. The number of Topliss-reactive ketones (excluding diaryl/α,β-unsaturated/α-hetero) is 1. The van der Waals surface area contributed by atoms with Crippen LogP contribution in [-0.4, -0.2) is 12.4 Å². The third-order valence-electron chi connectivity index (χ3n) is 7.31. The minimum absolute atomic E-state index is 0.0413. The molecule has 3 atom stereocenters. The first-order valence-corrected chi connectivity index (χ1v) is 10.1. The highest BCUT2D eigenvalue weighted by Crippen LogP contribution is 2.58. The fourth-order valence-corrected chi connectivity index (χ4v) is 5.48. The van der Waals surface area contributed by atoms with Gasteiger partial charge in [0.1, 0.15) is 17.1 Å². The van der Waals surface area contributed by atoms with Crippen LogP contribution in [0.5, 0.6) is 5.75 Å². The van der Waals surface area contributed by atoms with E-state index in [-0.39, 0.29) is 22.4 Å². The highest BCUT2D eigenvalue weighted by Gasteiger charge is 2.55. The summed E-state index contributed by atoms with van der Waals surface area (Å²) in [5.41, 5.74) is 1.26. The molecular weight excluding hydrogens is 352 g/mol. The van der Waals surface area contributed by atoms with Gasteiger partial charge in [0.15, 0.2) is 0 Å². The zero-order valence-electron chi connectivity index (χ0n) is 17.1. The lowest BCUT2D eigenvalue weighted by Gasteiger charge is -2.55. The largest absolute Gasteiger partial charge is 0.493 e. The van der Waals surface area contributed by atoms with Crippen LogP contribution >= 0.6 is 0 Å². The maximum Gasteiger partial charge on any atom is 0.336 e. The average molecular weight is 380 g/mol. The van der Waals surface area contributed by atoms with Crippen LogP contribution in [0.3, 0.4) is 0 Å². The summed E-state index contributed by atoms with van der Waals surface area (Å²) >= 11 is 0. The second-order valence-electron chi connectivity index (χ2n) is 9.20. The number of rotatable bonds is 3. The molecule has 2 aromatic rings. The van der Waals surface area contributed by atoms with Gasteiger partial charge in [0, 0.05) is 35.3 Å². The summed E-state index contributed by atoms with van der Waals surface area (Å²) in [6.07, 6.45) is 4.80. The van der Waals surface area contributed by atoms with Crippen molar-refractivity contribution in [1.82, 2.24) is 0 Å². The van der Waals surface area contributed by atoms with Crippen molar-refractivity contribution in [2.24, 2.45) is 22.7 Å². The molecule has 1 aromatic heterocycles. The highest BCUT2D eigenvalue weighted by atomic mass is 16.5. The van der Waals surface area contributed by atoms with Crippen LogP contribution in [0.25, 0.3) is 11.0 Å². The first kappa shape index (κ1) is 19.0. The van der Waals surface area contributed by atoms with Gasteiger partial charge in [0.05, 0.1) is 6.61 Å². The van der Waals surface area contributed by atoms with Gasteiger partial charge in [-0.15, -0.1) is 0 Å². The summed E-state index contributed by atoms with van der Waals surface area (Å²) in [6.45, 7) is 9.28. The average Bonchev–Trinajstić information content (AvgIpc) is 2.64. The van der Waals surface area contributed by atoms with E-state index in [9.17, 15) is 9.59 Å². The van der Waals surface area contributed by atoms with Gasteiger partial charge < -0.3 is 9.15 Å². The number of carbonyl (C=O) groups excluding carboxylic acids is 1. The smallest absolute Gasteiger partial charge is 0.336 e. The second kappa shape index (κ2) is 6.61. The summed E-state index contributed by atoms with van der Waals surface area (Å²) in [6, 6.07) is 8.78. The summed E-state index contributed by atoms with van der Waals surface area (Å²) < 4.78 is 11.5. The number of ether oxygens (including phenoxy) is 1. The fraction of sp³-hybridized carbons (Fsp3) is 0.500. The van der Waals surface area contributed by atoms with E-state index in [1.807, 2.05) is 12.1 Å². The van der Waals surface area contributed by atoms with E-state index in [1.165, 1.54) is 11.6 Å². The van der Waals surface area contributed by atoms with Gasteiger partial charge in [-0.2, -0.15) is 0 Å². The molecule has 0 radical (unpaired) electrons. The van der Waals surface area contributed by atoms with Gasteiger partial charge in [-0.1, -0.05) is 32.4 Å². The molecular formula is C24H28O4.